The summed E-state index contributed by atoms with van der Waals surface area (Å²) in [5, 5.41) is 2.96. The van der Waals surface area contributed by atoms with Crippen LogP contribution in [0.25, 0.3) is 10.2 Å². The lowest BCUT2D eigenvalue weighted by molar-refractivity contribution is 0.0954. The van der Waals surface area contributed by atoms with E-state index in [1.165, 1.54) is 0 Å². The molecule has 3 rings (SSSR count). The number of rotatable bonds is 7. The molecule has 2 aromatic heterocycles. The second-order valence-electron chi connectivity index (χ2n) is 4.78. The summed E-state index contributed by atoms with van der Waals surface area (Å²) in [6, 6.07) is 9.48. The molecular weight excluding hydrogens is 316 g/mol. The van der Waals surface area contributed by atoms with Gasteiger partial charge in [-0.15, -0.1) is 11.3 Å². The summed E-state index contributed by atoms with van der Waals surface area (Å²) in [6.45, 7) is 0.685. The Morgan fingerprint density at radius 2 is 2.32 bits per heavy atom. The topological polar surface area (TPSA) is 55.1 Å². The second-order valence-corrected chi connectivity index (χ2v) is 6.77. The Kier molecular flexibility index (Phi) is 5.13. The van der Waals surface area contributed by atoms with E-state index in [-0.39, 0.29) is 5.91 Å². The maximum Gasteiger partial charge on any atom is 0.251 e. The van der Waals surface area contributed by atoms with Crippen molar-refractivity contribution in [1.29, 1.82) is 0 Å². The van der Waals surface area contributed by atoms with Gasteiger partial charge in [-0.05, 0) is 42.5 Å². The number of fused-ring (bicyclic) bond motifs is 1. The van der Waals surface area contributed by atoms with E-state index in [1.54, 1.807) is 23.1 Å². The largest absolute Gasteiger partial charge is 0.468 e. The molecule has 2 heterocycles. The van der Waals surface area contributed by atoms with Gasteiger partial charge in [0.05, 0.1) is 27.7 Å². The average molecular weight is 332 g/mol. The molecule has 0 saturated heterocycles. The van der Waals surface area contributed by atoms with Crippen LogP contribution in [0.5, 0.6) is 0 Å². The summed E-state index contributed by atoms with van der Waals surface area (Å²) in [6.07, 6.45) is 2.63. The minimum absolute atomic E-state index is 0.0219. The zero-order valence-electron chi connectivity index (χ0n) is 12.0. The Bertz CT molecular complexity index is 738. The molecule has 1 aromatic carbocycles. The Labute approximate surface area is 136 Å². The van der Waals surface area contributed by atoms with Crippen molar-refractivity contribution in [3.05, 3.63) is 53.4 Å². The summed E-state index contributed by atoms with van der Waals surface area (Å²) in [5.74, 6) is 2.84. The van der Waals surface area contributed by atoms with Crippen molar-refractivity contribution in [3.8, 4) is 0 Å². The van der Waals surface area contributed by atoms with Gasteiger partial charge in [0.15, 0.2) is 0 Å². The fourth-order valence-corrected chi connectivity index (χ4v) is 3.62. The number of aromatic nitrogens is 1. The van der Waals surface area contributed by atoms with Crippen molar-refractivity contribution >= 4 is 39.2 Å². The van der Waals surface area contributed by atoms with Gasteiger partial charge in [0.25, 0.3) is 5.91 Å². The molecule has 4 nitrogen and oxygen atoms in total. The van der Waals surface area contributed by atoms with Gasteiger partial charge < -0.3 is 9.73 Å². The first-order chi connectivity index (χ1) is 10.8. The van der Waals surface area contributed by atoms with Crippen molar-refractivity contribution in [2.75, 3.05) is 12.3 Å². The van der Waals surface area contributed by atoms with Crippen molar-refractivity contribution in [2.45, 2.75) is 12.2 Å². The third kappa shape index (κ3) is 3.90. The van der Waals surface area contributed by atoms with Crippen LogP contribution in [0.3, 0.4) is 0 Å². The molecule has 0 radical (unpaired) electrons. The molecule has 0 saturated carbocycles. The molecular formula is C16H16N2O2S2. The molecule has 3 aromatic rings. The van der Waals surface area contributed by atoms with E-state index in [0.29, 0.717) is 12.1 Å². The smallest absolute Gasteiger partial charge is 0.251 e. The molecule has 0 unspecified atom stereocenters. The lowest BCUT2D eigenvalue weighted by atomic mass is 10.2. The highest BCUT2D eigenvalue weighted by molar-refractivity contribution is 7.98. The molecule has 114 valence electrons. The molecule has 0 aliphatic carbocycles. The van der Waals surface area contributed by atoms with Gasteiger partial charge in [-0.2, -0.15) is 11.8 Å². The first-order valence-corrected chi connectivity index (χ1v) is 9.08. The molecule has 0 fully saturated rings. The van der Waals surface area contributed by atoms with Crippen LogP contribution in [0.2, 0.25) is 0 Å². The quantitative estimate of drug-likeness (QED) is 0.666. The number of furan rings is 1. The van der Waals surface area contributed by atoms with E-state index in [1.807, 2.05) is 42.1 Å². The van der Waals surface area contributed by atoms with Crippen LogP contribution in [-0.2, 0) is 5.75 Å². The van der Waals surface area contributed by atoms with E-state index in [9.17, 15) is 4.79 Å². The van der Waals surface area contributed by atoms with Crippen molar-refractivity contribution in [3.63, 3.8) is 0 Å². The van der Waals surface area contributed by atoms with Crippen LogP contribution >= 0.6 is 23.1 Å². The highest BCUT2D eigenvalue weighted by Crippen LogP contribution is 2.19. The van der Waals surface area contributed by atoms with Gasteiger partial charge in [-0.1, -0.05) is 0 Å². The number of carbonyl (C=O) groups is 1. The average Bonchev–Trinajstić information content (AvgIpc) is 3.20. The number of thiazole rings is 1. The molecule has 0 aliphatic heterocycles. The zero-order valence-corrected chi connectivity index (χ0v) is 13.6. The molecule has 0 aliphatic rings. The van der Waals surface area contributed by atoms with Crippen LogP contribution in [0.1, 0.15) is 22.5 Å². The minimum atomic E-state index is -0.0219. The Morgan fingerprint density at radius 1 is 1.36 bits per heavy atom. The number of thioether (sulfide) groups is 1. The van der Waals surface area contributed by atoms with Crippen LogP contribution in [0.4, 0.5) is 0 Å². The molecule has 0 bridgehead atoms. The Hall–Kier alpha value is -1.79. The lowest BCUT2D eigenvalue weighted by Crippen LogP contribution is -2.24. The molecule has 6 heteroatoms. The number of nitrogens with one attached hydrogen (secondary N) is 1. The Balaban J connectivity index is 1.38. The van der Waals surface area contributed by atoms with E-state index < -0.39 is 0 Å². The Morgan fingerprint density at radius 3 is 3.18 bits per heavy atom. The van der Waals surface area contributed by atoms with Gasteiger partial charge in [0.1, 0.15) is 5.76 Å². The molecule has 0 spiro atoms. The van der Waals surface area contributed by atoms with Crippen LogP contribution in [-0.4, -0.2) is 23.2 Å². The third-order valence-electron chi connectivity index (χ3n) is 3.17. The third-order valence-corrected chi connectivity index (χ3v) is 5.03. The number of nitrogens with zero attached hydrogens (tertiary/aromatic N) is 1. The number of hydrogen-bond acceptors (Lipinski definition) is 5. The fourth-order valence-electron chi connectivity index (χ4n) is 2.04. The summed E-state index contributed by atoms with van der Waals surface area (Å²) in [5.41, 5.74) is 3.43. The van der Waals surface area contributed by atoms with Crippen LogP contribution < -0.4 is 5.32 Å². The number of amides is 1. The van der Waals surface area contributed by atoms with Gasteiger partial charge in [-0.3, -0.25) is 4.79 Å². The van der Waals surface area contributed by atoms with Crippen molar-refractivity contribution in [1.82, 2.24) is 10.3 Å². The number of carbonyl (C=O) groups excluding carboxylic acids is 1. The lowest BCUT2D eigenvalue weighted by Gasteiger charge is -2.05. The first kappa shape index (κ1) is 15.1. The first-order valence-electron chi connectivity index (χ1n) is 7.04. The number of benzene rings is 1. The van der Waals surface area contributed by atoms with E-state index >= 15 is 0 Å². The fraction of sp³-hybridized carbons (Fsp3) is 0.250. The van der Waals surface area contributed by atoms with Gasteiger partial charge in [-0.25, -0.2) is 4.98 Å². The second kappa shape index (κ2) is 7.47. The summed E-state index contributed by atoms with van der Waals surface area (Å²) in [7, 11) is 0. The maximum absolute atomic E-state index is 12.1. The molecule has 22 heavy (non-hydrogen) atoms. The van der Waals surface area contributed by atoms with Crippen molar-refractivity contribution in [2.24, 2.45) is 0 Å². The predicted octanol–water partition coefficient (Wildman–Crippen LogP) is 3.94. The zero-order chi connectivity index (χ0) is 15.2. The van der Waals surface area contributed by atoms with Crippen LogP contribution in [0, 0.1) is 0 Å². The number of hydrogen-bond donors (Lipinski definition) is 1. The SMILES string of the molecule is O=C(NCCCSCc1ccco1)c1ccc2ncsc2c1. The van der Waals surface area contributed by atoms with Gasteiger partial charge in [0, 0.05) is 12.1 Å². The van der Waals surface area contributed by atoms with Gasteiger partial charge in [0.2, 0.25) is 0 Å². The monoisotopic (exact) mass is 332 g/mol. The van der Waals surface area contributed by atoms with Gasteiger partial charge >= 0.3 is 0 Å². The highest BCUT2D eigenvalue weighted by Gasteiger charge is 2.06. The molecule has 1 N–H and O–H groups in total. The molecule has 1 amide bonds. The summed E-state index contributed by atoms with van der Waals surface area (Å²) in [4.78, 5) is 16.3. The van der Waals surface area contributed by atoms with E-state index in [0.717, 1.165) is 33.9 Å². The summed E-state index contributed by atoms with van der Waals surface area (Å²) >= 11 is 3.36. The summed E-state index contributed by atoms with van der Waals surface area (Å²) < 4.78 is 6.31. The normalized spacial score (nSPS) is 10.9. The predicted molar refractivity (Wildman–Crippen MR) is 91.4 cm³/mol. The highest BCUT2D eigenvalue weighted by atomic mass is 32.2. The maximum atomic E-state index is 12.1. The van der Waals surface area contributed by atoms with E-state index in [2.05, 4.69) is 10.3 Å². The van der Waals surface area contributed by atoms with E-state index in [4.69, 9.17) is 4.42 Å². The van der Waals surface area contributed by atoms with Crippen LogP contribution in [0.15, 0.2) is 46.5 Å². The van der Waals surface area contributed by atoms with Crippen molar-refractivity contribution < 1.29 is 9.21 Å². The standard InChI is InChI=1S/C16H16N2O2S2/c19-16(12-4-5-14-15(9-12)22-11-18-14)17-6-2-8-21-10-13-3-1-7-20-13/h1,3-5,7,9,11H,2,6,8,10H2,(H,17,19). The minimum Gasteiger partial charge on any atom is -0.468 e. The molecule has 0 atom stereocenters.